The molecule has 1 aliphatic heterocycles. The largest absolute Gasteiger partial charge is 0.290 e. The molecule has 2 atom stereocenters. The molecule has 0 bridgehead atoms. The molecule has 108 valence electrons. The summed E-state index contributed by atoms with van der Waals surface area (Å²) in [4.78, 5) is 16.5. The van der Waals surface area contributed by atoms with Crippen molar-refractivity contribution < 1.29 is 9.18 Å². The molecule has 1 aliphatic carbocycles. The third-order valence-corrected chi connectivity index (χ3v) is 4.60. The molecule has 1 saturated carbocycles. The van der Waals surface area contributed by atoms with Gasteiger partial charge in [-0.05, 0) is 18.4 Å². The molecule has 0 N–H and O–H groups in total. The van der Waals surface area contributed by atoms with Gasteiger partial charge in [0.15, 0.2) is 12.0 Å². The number of Topliss-reactive ketones (excluding diaryl/α,β-unsaturated/α-hetero) is 1. The molecule has 0 saturated heterocycles. The highest BCUT2D eigenvalue weighted by molar-refractivity contribution is 5.98. The van der Waals surface area contributed by atoms with E-state index in [1.807, 2.05) is 37.3 Å². The van der Waals surface area contributed by atoms with Gasteiger partial charge < -0.3 is 0 Å². The van der Waals surface area contributed by atoms with Gasteiger partial charge in [-0.3, -0.25) is 4.79 Å². The second-order valence-corrected chi connectivity index (χ2v) is 6.26. The van der Waals surface area contributed by atoms with Crippen LogP contribution in [0, 0.1) is 5.41 Å². The Morgan fingerprint density at radius 3 is 2.71 bits per heavy atom. The van der Waals surface area contributed by atoms with Gasteiger partial charge in [-0.1, -0.05) is 37.3 Å². The van der Waals surface area contributed by atoms with Crippen molar-refractivity contribution in [3.63, 3.8) is 0 Å². The first-order chi connectivity index (χ1) is 10.1. The van der Waals surface area contributed by atoms with E-state index in [4.69, 9.17) is 0 Å². The lowest BCUT2D eigenvalue weighted by Gasteiger charge is -2.11. The standard InChI is InChI=1S/C16H16FN3O/c1-16(7-8-16)13(21)14-18-15-11(17)9-12(20(15)19-14)10-5-3-2-4-6-10/h2-6,11-12H,7-9H2,1H3/t11-,12?/m0/s1. The van der Waals surface area contributed by atoms with Crippen LogP contribution in [-0.4, -0.2) is 20.5 Å². The minimum atomic E-state index is -1.16. The lowest BCUT2D eigenvalue weighted by atomic mass is 10.0. The van der Waals surface area contributed by atoms with E-state index in [1.54, 1.807) is 4.68 Å². The number of hydrogen-bond acceptors (Lipinski definition) is 3. The van der Waals surface area contributed by atoms with Crippen LogP contribution >= 0.6 is 0 Å². The normalized spacial score (nSPS) is 25.6. The van der Waals surface area contributed by atoms with E-state index >= 15 is 0 Å². The van der Waals surface area contributed by atoms with Crippen LogP contribution in [0.25, 0.3) is 0 Å². The average molecular weight is 285 g/mol. The molecule has 2 aromatic rings. The Kier molecular flexibility index (Phi) is 2.55. The molecule has 4 rings (SSSR count). The van der Waals surface area contributed by atoms with Gasteiger partial charge in [0.2, 0.25) is 11.6 Å². The zero-order valence-corrected chi connectivity index (χ0v) is 11.8. The minimum absolute atomic E-state index is 0.0524. The first-order valence-electron chi connectivity index (χ1n) is 7.29. The van der Waals surface area contributed by atoms with E-state index < -0.39 is 6.17 Å². The van der Waals surface area contributed by atoms with Crippen molar-refractivity contribution in [1.82, 2.24) is 14.8 Å². The molecule has 1 aromatic heterocycles. The summed E-state index contributed by atoms with van der Waals surface area (Å²) in [7, 11) is 0. The number of carbonyl (C=O) groups excluding carboxylic acids is 1. The van der Waals surface area contributed by atoms with E-state index in [0.29, 0.717) is 6.42 Å². The van der Waals surface area contributed by atoms with E-state index in [-0.39, 0.29) is 28.9 Å². The molecule has 0 amide bonds. The van der Waals surface area contributed by atoms with Gasteiger partial charge >= 0.3 is 0 Å². The van der Waals surface area contributed by atoms with Crippen molar-refractivity contribution >= 4 is 5.78 Å². The first kappa shape index (κ1) is 12.7. The highest BCUT2D eigenvalue weighted by Gasteiger charge is 2.48. The van der Waals surface area contributed by atoms with Crippen molar-refractivity contribution in [1.29, 1.82) is 0 Å². The Labute approximate surface area is 122 Å². The summed E-state index contributed by atoms with van der Waals surface area (Å²) in [6.45, 7) is 1.92. The molecular formula is C16H16FN3O. The lowest BCUT2D eigenvalue weighted by Crippen LogP contribution is -2.15. The summed E-state index contributed by atoms with van der Waals surface area (Å²) < 4.78 is 15.8. The number of aromatic nitrogens is 3. The zero-order valence-electron chi connectivity index (χ0n) is 11.8. The predicted octanol–water partition coefficient (Wildman–Crippen LogP) is 3.26. The Morgan fingerprint density at radius 1 is 1.33 bits per heavy atom. The highest BCUT2D eigenvalue weighted by atomic mass is 19.1. The molecule has 5 heteroatoms. The number of carbonyl (C=O) groups is 1. The Hall–Kier alpha value is -2.04. The first-order valence-corrected chi connectivity index (χ1v) is 7.29. The quantitative estimate of drug-likeness (QED) is 0.813. The Bertz CT molecular complexity index is 706. The smallest absolute Gasteiger partial charge is 0.218 e. The molecule has 0 radical (unpaired) electrons. The highest BCUT2D eigenvalue weighted by Crippen LogP contribution is 2.48. The van der Waals surface area contributed by atoms with Crippen molar-refractivity contribution in [3.05, 3.63) is 47.5 Å². The third kappa shape index (κ3) is 1.91. The van der Waals surface area contributed by atoms with Gasteiger partial charge in [0.05, 0.1) is 6.04 Å². The summed E-state index contributed by atoms with van der Waals surface area (Å²) in [5.41, 5.74) is 0.678. The van der Waals surface area contributed by atoms with Crippen molar-refractivity contribution in [3.8, 4) is 0 Å². The van der Waals surface area contributed by atoms with Crippen molar-refractivity contribution in [2.45, 2.75) is 38.4 Å². The van der Waals surface area contributed by atoms with E-state index in [2.05, 4.69) is 10.1 Å². The van der Waals surface area contributed by atoms with E-state index in [9.17, 15) is 9.18 Å². The predicted molar refractivity (Wildman–Crippen MR) is 74.7 cm³/mol. The SMILES string of the molecule is CC1(C(=O)c2nc3n(n2)C(c2ccccc2)C[C@@H]3F)CC1. The Balaban J connectivity index is 1.73. The summed E-state index contributed by atoms with van der Waals surface area (Å²) in [6, 6.07) is 9.52. The fraction of sp³-hybridized carbons (Fsp3) is 0.438. The van der Waals surface area contributed by atoms with Gasteiger partial charge in [0.25, 0.3) is 0 Å². The summed E-state index contributed by atoms with van der Waals surface area (Å²) in [5.74, 6) is 0.410. The van der Waals surface area contributed by atoms with Crippen LogP contribution in [0.15, 0.2) is 30.3 Å². The number of alkyl halides is 1. The fourth-order valence-corrected chi connectivity index (χ4v) is 2.91. The van der Waals surface area contributed by atoms with Crippen LogP contribution in [0.2, 0.25) is 0 Å². The topological polar surface area (TPSA) is 47.8 Å². The molecule has 4 nitrogen and oxygen atoms in total. The molecular weight excluding hydrogens is 269 g/mol. The molecule has 0 spiro atoms. The zero-order chi connectivity index (χ0) is 14.6. The third-order valence-electron chi connectivity index (χ3n) is 4.60. The number of rotatable bonds is 3. The number of halogens is 1. The van der Waals surface area contributed by atoms with Gasteiger partial charge in [-0.15, -0.1) is 5.10 Å². The number of benzene rings is 1. The number of hydrogen-bond donors (Lipinski definition) is 0. The van der Waals surface area contributed by atoms with Gasteiger partial charge in [-0.2, -0.15) is 0 Å². The maximum absolute atomic E-state index is 14.2. The summed E-state index contributed by atoms with van der Waals surface area (Å²) >= 11 is 0. The average Bonchev–Trinajstić information content (AvgIpc) is 2.98. The summed E-state index contributed by atoms with van der Waals surface area (Å²) in [6.07, 6.45) is 0.926. The van der Waals surface area contributed by atoms with Gasteiger partial charge in [0.1, 0.15) is 0 Å². The second kappa shape index (κ2) is 4.23. The maximum Gasteiger partial charge on any atom is 0.218 e. The van der Waals surface area contributed by atoms with Crippen LogP contribution in [0.5, 0.6) is 0 Å². The molecule has 1 aromatic carbocycles. The Morgan fingerprint density at radius 2 is 2.05 bits per heavy atom. The van der Waals surface area contributed by atoms with Gasteiger partial charge in [-0.25, -0.2) is 14.1 Å². The van der Waals surface area contributed by atoms with Crippen molar-refractivity contribution in [2.24, 2.45) is 5.41 Å². The number of ketones is 1. The molecule has 1 unspecified atom stereocenters. The number of fused-ring (bicyclic) bond motifs is 1. The monoisotopic (exact) mass is 285 g/mol. The molecule has 21 heavy (non-hydrogen) atoms. The van der Waals surface area contributed by atoms with Crippen LogP contribution < -0.4 is 0 Å². The molecule has 2 heterocycles. The van der Waals surface area contributed by atoms with E-state index in [0.717, 1.165) is 18.4 Å². The van der Waals surface area contributed by atoms with Crippen LogP contribution in [0.4, 0.5) is 4.39 Å². The lowest BCUT2D eigenvalue weighted by molar-refractivity contribution is 0.0901. The van der Waals surface area contributed by atoms with Gasteiger partial charge in [0, 0.05) is 11.8 Å². The van der Waals surface area contributed by atoms with E-state index in [1.165, 1.54) is 0 Å². The minimum Gasteiger partial charge on any atom is -0.290 e. The second-order valence-electron chi connectivity index (χ2n) is 6.26. The van der Waals surface area contributed by atoms with Crippen LogP contribution in [0.1, 0.15) is 60.4 Å². The fourth-order valence-electron chi connectivity index (χ4n) is 2.91. The van der Waals surface area contributed by atoms with Crippen LogP contribution in [-0.2, 0) is 0 Å². The summed E-state index contributed by atoms with van der Waals surface area (Å²) in [5, 5.41) is 4.32. The van der Waals surface area contributed by atoms with Crippen LogP contribution in [0.3, 0.4) is 0 Å². The molecule has 2 aliphatic rings. The number of nitrogens with zero attached hydrogens (tertiary/aromatic N) is 3. The molecule has 1 fully saturated rings. The maximum atomic E-state index is 14.2. The van der Waals surface area contributed by atoms with Crippen molar-refractivity contribution in [2.75, 3.05) is 0 Å².